The van der Waals surface area contributed by atoms with Crippen molar-refractivity contribution in [3.8, 4) is 39.1 Å². The molecule has 6 nitrogen and oxygen atoms in total. The van der Waals surface area contributed by atoms with Crippen molar-refractivity contribution in [1.82, 2.24) is 4.98 Å². The van der Waals surface area contributed by atoms with E-state index in [1.165, 1.54) is 29.5 Å². The first kappa shape index (κ1) is 18.7. The molecule has 3 aromatic rings. The lowest BCUT2D eigenvalue weighted by atomic mass is 10.1. The molecular weight excluding hydrogens is 366 g/mol. The summed E-state index contributed by atoms with van der Waals surface area (Å²) in [6.45, 7) is 4.87. The maximum absolute atomic E-state index is 11.2. The Morgan fingerprint density at radius 3 is 2.52 bits per heavy atom. The fraction of sp³-hybridized carbons (Fsp3) is 0.200. The van der Waals surface area contributed by atoms with Crippen LogP contribution in [0.4, 0.5) is 0 Å². The van der Waals surface area contributed by atoms with Crippen molar-refractivity contribution in [2.45, 2.75) is 13.8 Å². The highest BCUT2D eigenvalue weighted by molar-refractivity contribution is 7.13. The topological polar surface area (TPSA) is 88.9 Å². The molecule has 0 bridgehead atoms. The van der Waals surface area contributed by atoms with E-state index in [2.05, 4.69) is 4.98 Å². The van der Waals surface area contributed by atoms with Crippen LogP contribution in [0.3, 0.4) is 0 Å². The van der Waals surface area contributed by atoms with E-state index in [0.29, 0.717) is 36.0 Å². The number of nitrogens with zero attached hydrogens (tertiary/aromatic N) is 1. The highest BCUT2D eigenvalue weighted by Gasteiger charge is 2.15. The number of hydrogen-bond donors (Lipinski definition) is 2. The SMILES string of the molecule is CCOc1ccc(-c2nc(-c3cc(C(=O)O)ccc3O)cs2)cc1OCC. The quantitative estimate of drug-likeness (QED) is 0.614. The number of aromatic hydroxyl groups is 1. The number of aromatic carboxylic acids is 1. The molecule has 0 saturated heterocycles. The highest BCUT2D eigenvalue weighted by Crippen LogP contribution is 2.37. The van der Waals surface area contributed by atoms with Crippen molar-refractivity contribution >= 4 is 17.3 Å². The summed E-state index contributed by atoms with van der Waals surface area (Å²) in [5.41, 5.74) is 1.85. The summed E-state index contributed by atoms with van der Waals surface area (Å²) in [6, 6.07) is 9.74. The Hall–Kier alpha value is -3.06. The molecule has 0 radical (unpaired) electrons. The number of phenolic OH excluding ortho intramolecular Hbond substituents is 1. The van der Waals surface area contributed by atoms with E-state index >= 15 is 0 Å². The van der Waals surface area contributed by atoms with Gasteiger partial charge in [-0.25, -0.2) is 9.78 Å². The van der Waals surface area contributed by atoms with E-state index in [1.807, 2.05) is 32.0 Å². The third kappa shape index (κ3) is 4.03. The van der Waals surface area contributed by atoms with E-state index in [9.17, 15) is 9.90 Å². The number of hydrogen-bond acceptors (Lipinski definition) is 6. The second kappa shape index (κ2) is 8.09. The molecule has 0 fully saturated rings. The molecule has 2 aromatic carbocycles. The largest absolute Gasteiger partial charge is 0.507 e. The maximum atomic E-state index is 11.2. The van der Waals surface area contributed by atoms with E-state index in [1.54, 1.807) is 5.38 Å². The van der Waals surface area contributed by atoms with Crippen LogP contribution >= 0.6 is 11.3 Å². The van der Waals surface area contributed by atoms with E-state index < -0.39 is 5.97 Å². The Balaban J connectivity index is 1.98. The van der Waals surface area contributed by atoms with Gasteiger partial charge >= 0.3 is 5.97 Å². The molecule has 27 heavy (non-hydrogen) atoms. The van der Waals surface area contributed by atoms with Crippen molar-refractivity contribution in [3.63, 3.8) is 0 Å². The molecule has 0 atom stereocenters. The number of aromatic nitrogens is 1. The van der Waals surface area contributed by atoms with Crippen LogP contribution < -0.4 is 9.47 Å². The highest BCUT2D eigenvalue weighted by atomic mass is 32.1. The summed E-state index contributed by atoms with van der Waals surface area (Å²) in [6.07, 6.45) is 0. The Kier molecular flexibility index (Phi) is 5.61. The van der Waals surface area contributed by atoms with Crippen molar-refractivity contribution < 1.29 is 24.5 Å². The number of benzene rings is 2. The van der Waals surface area contributed by atoms with Crippen LogP contribution in [0.2, 0.25) is 0 Å². The smallest absolute Gasteiger partial charge is 0.335 e. The lowest BCUT2D eigenvalue weighted by Gasteiger charge is -2.11. The van der Waals surface area contributed by atoms with Gasteiger partial charge in [-0.1, -0.05) is 0 Å². The summed E-state index contributed by atoms with van der Waals surface area (Å²) in [7, 11) is 0. The normalized spacial score (nSPS) is 10.6. The van der Waals surface area contributed by atoms with Crippen LogP contribution in [0.25, 0.3) is 21.8 Å². The molecule has 1 heterocycles. The number of carboxylic acids is 1. The van der Waals surface area contributed by atoms with Gasteiger partial charge in [-0.05, 0) is 50.2 Å². The number of carbonyl (C=O) groups is 1. The van der Waals surface area contributed by atoms with Gasteiger partial charge < -0.3 is 19.7 Å². The van der Waals surface area contributed by atoms with Crippen LogP contribution in [0, 0.1) is 0 Å². The number of thiazole rings is 1. The molecule has 0 aliphatic carbocycles. The van der Waals surface area contributed by atoms with Gasteiger partial charge in [0.25, 0.3) is 0 Å². The van der Waals surface area contributed by atoms with Gasteiger partial charge in [-0.2, -0.15) is 0 Å². The van der Waals surface area contributed by atoms with Crippen molar-refractivity contribution in [2.24, 2.45) is 0 Å². The summed E-state index contributed by atoms with van der Waals surface area (Å²) < 4.78 is 11.2. The molecular formula is C20H19NO5S. The first-order chi connectivity index (χ1) is 13.0. The van der Waals surface area contributed by atoms with Crippen LogP contribution in [-0.2, 0) is 0 Å². The molecule has 0 amide bonds. The Labute approximate surface area is 160 Å². The minimum absolute atomic E-state index is 0.0152. The van der Waals surface area contributed by atoms with Gasteiger partial charge in [0.15, 0.2) is 11.5 Å². The first-order valence-electron chi connectivity index (χ1n) is 8.45. The fourth-order valence-electron chi connectivity index (χ4n) is 2.59. The average Bonchev–Trinajstić information content (AvgIpc) is 3.13. The van der Waals surface area contributed by atoms with Gasteiger partial charge in [-0.15, -0.1) is 11.3 Å². The Morgan fingerprint density at radius 1 is 1.07 bits per heavy atom. The zero-order valence-electron chi connectivity index (χ0n) is 14.9. The van der Waals surface area contributed by atoms with Crippen LogP contribution in [0.5, 0.6) is 17.2 Å². The predicted octanol–water partition coefficient (Wildman–Crippen LogP) is 4.68. The molecule has 140 valence electrons. The zero-order chi connectivity index (χ0) is 19.4. The number of ether oxygens (including phenoxy) is 2. The number of carboxylic acid groups (broad SMARTS) is 1. The number of rotatable bonds is 7. The van der Waals surface area contributed by atoms with Gasteiger partial charge in [0.1, 0.15) is 10.8 Å². The molecule has 0 unspecified atom stereocenters. The summed E-state index contributed by atoms with van der Waals surface area (Å²) in [4.78, 5) is 15.7. The molecule has 2 N–H and O–H groups in total. The van der Waals surface area contributed by atoms with E-state index in [0.717, 1.165) is 10.6 Å². The summed E-state index contributed by atoms with van der Waals surface area (Å²) in [5.74, 6) is 0.245. The van der Waals surface area contributed by atoms with Crippen molar-refractivity contribution in [2.75, 3.05) is 13.2 Å². The van der Waals surface area contributed by atoms with Gasteiger partial charge in [0.2, 0.25) is 0 Å². The molecule has 3 rings (SSSR count). The maximum Gasteiger partial charge on any atom is 0.335 e. The van der Waals surface area contributed by atoms with E-state index in [-0.39, 0.29) is 11.3 Å². The minimum Gasteiger partial charge on any atom is -0.507 e. The lowest BCUT2D eigenvalue weighted by Crippen LogP contribution is -1.98. The first-order valence-corrected chi connectivity index (χ1v) is 9.33. The number of phenols is 1. The molecule has 0 saturated carbocycles. The second-order valence-corrected chi connectivity index (χ2v) is 6.46. The third-order valence-electron chi connectivity index (χ3n) is 3.81. The minimum atomic E-state index is -1.06. The second-order valence-electron chi connectivity index (χ2n) is 5.60. The molecule has 1 aromatic heterocycles. The third-order valence-corrected chi connectivity index (χ3v) is 4.71. The van der Waals surface area contributed by atoms with E-state index in [4.69, 9.17) is 14.6 Å². The molecule has 0 aliphatic heterocycles. The molecule has 0 spiro atoms. The van der Waals surface area contributed by atoms with Gasteiger partial charge in [0.05, 0.1) is 24.5 Å². The van der Waals surface area contributed by atoms with Gasteiger partial charge in [0, 0.05) is 16.5 Å². The van der Waals surface area contributed by atoms with Crippen LogP contribution in [0.15, 0.2) is 41.8 Å². The summed E-state index contributed by atoms with van der Waals surface area (Å²) >= 11 is 1.40. The summed E-state index contributed by atoms with van der Waals surface area (Å²) in [5, 5.41) is 21.8. The zero-order valence-corrected chi connectivity index (χ0v) is 15.7. The average molecular weight is 385 g/mol. The standard InChI is InChI=1S/C20H19NO5S/c1-3-25-17-8-6-12(10-18(17)26-4-2)19-21-15(11-27-19)14-9-13(20(23)24)5-7-16(14)22/h5-11,22H,3-4H2,1-2H3,(H,23,24). The molecule has 7 heteroatoms. The lowest BCUT2D eigenvalue weighted by molar-refractivity contribution is 0.0697. The van der Waals surface area contributed by atoms with Crippen LogP contribution in [0.1, 0.15) is 24.2 Å². The fourth-order valence-corrected chi connectivity index (χ4v) is 3.41. The van der Waals surface area contributed by atoms with Crippen LogP contribution in [-0.4, -0.2) is 34.4 Å². The van der Waals surface area contributed by atoms with Gasteiger partial charge in [-0.3, -0.25) is 0 Å². The Bertz CT molecular complexity index is 967. The van der Waals surface area contributed by atoms with Crippen molar-refractivity contribution in [1.29, 1.82) is 0 Å². The predicted molar refractivity (Wildman–Crippen MR) is 104 cm³/mol. The Morgan fingerprint density at radius 2 is 1.81 bits per heavy atom. The van der Waals surface area contributed by atoms with Crippen molar-refractivity contribution in [3.05, 3.63) is 47.3 Å². The monoisotopic (exact) mass is 385 g/mol. The molecule has 0 aliphatic rings.